The average molecular weight is 618 g/mol. The summed E-state index contributed by atoms with van der Waals surface area (Å²) in [6.07, 6.45) is -10.6. The summed E-state index contributed by atoms with van der Waals surface area (Å²) in [6, 6.07) is 0. The molecule has 0 fully saturated rings. The molecule has 0 aliphatic carbocycles. The fourth-order valence-corrected chi connectivity index (χ4v) is 2.43. The molecule has 0 aliphatic heterocycles. The molecule has 0 N–H and O–H groups in total. The molecule has 0 aliphatic rings. The Morgan fingerprint density at radius 1 is 0.641 bits per heavy atom. The summed E-state index contributed by atoms with van der Waals surface area (Å²) in [5, 5.41) is 0. The summed E-state index contributed by atoms with van der Waals surface area (Å²) in [6.45, 7) is 1.77. The minimum Gasteiger partial charge on any atom is -0.465 e. The van der Waals surface area contributed by atoms with Gasteiger partial charge in [0.15, 0.2) is 5.92 Å². The summed E-state index contributed by atoms with van der Waals surface area (Å²) in [5.41, 5.74) is 0. The van der Waals surface area contributed by atoms with Gasteiger partial charge in [-0.3, -0.25) is 9.59 Å². The highest BCUT2D eigenvalue weighted by Gasteiger charge is 2.95. The summed E-state index contributed by atoms with van der Waals surface area (Å²) >= 11 is 0. The van der Waals surface area contributed by atoms with Gasteiger partial charge in [0, 0.05) is 0 Å². The van der Waals surface area contributed by atoms with Crippen LogP contribution in [0.5, 0.6) is 0 Å². The summed E-state index contributed by atoms with van der Waals surface area (Å²) in [7, 11) is 0. The normalized spacial score (nSPS) is 15.5. The molecule has 0 aromatic carbocycles. The number of alkyl halides is 17. The number of allylic oxidation sites excluding steroid dienone is 1. The van der Waals surface area contributed by atoms with Gasteiger partial charge in [-0.1, -0.05) is 6.08 Å². The van der Waals surface area contributed by atoms with Gasteiger partial charge in [-0.2, -0.15) is 74.6 Å². The maximum Gasteiger partial charge on any atom is 0.460 e. The van der Waals surface area contributed by atoms with Gasteiger partial charge in [-0.05, 0) is 13.3 Å². The minimum absolute atomic E-state index is 0.369. The van der Waals surface area contributed by atoms with Crippen molar-refractivity contribution in [3.63, 3.8) is 0 Å². The molecule has 230 valence electrons. The van der Waals surface area contributed by atoms with Gasteiger partial charge >= 0.3 is 59.6 Å². The molecule has 4 nitrogen and oxygen atoms in total. The largest absolute Gasteiger partial charge is 0.465 e. The maximum atomic E-state index is 13.8. The number of hydrogen-bond acceptors (Lipinski definition) is 4. The molecule has 0 aromatic heterocycles. The smallest absolute Gasteiger partial charge is 0.460 e. The van der Waals surface area contributed by atoms with Crippen LogP contribution in [0.15, 0.2) is 12.7 Å². The topological polar surface area (TPSA) is 52.6 Å². The van der Waals surface area contributed by atoms with E-state index < -0.39 is 84.9 Å². The van der Waals surface area contributed by atoms with Crippen LogP contribution in [-0.2, 0) is 19.1 Å². The van der Waals surface area contributed by atoms with Crippen LogP contribution in [0.2, 0.25) is 0 Å². The quantitative estimate of drug-likeness (QED) is 0.0944. The van der Waals surface area contributed by atoms with E-state index in [1.807, 2.05) is 0 Å². The second-order valence-electron chi connectivity index (χ2n) is 7.40. The Morgan fingerprint density at radius 3 is 1.36 bits per heavy atom. The Labute approximate surface area is 206 Å². The van der Waals surface area contributed by atoms with E-state index in [0.29, 0.717) is 0 Å². The standard InChI is InChI=1S/C18H15F17O4/c1-3-5-8(9(36)38-4-2)10(37)39-7-6-11(19,20)12(21,22)13(23,24)14(25,26)15(27,28)16(29,30)17(31,32)18(33,34)35/h3,8H,1,4-7H2,2H3. The lowest BCUT2D eigenvalue weighted by Gasteiger charge is -2.42. The number of rotatable bonds is 14. The minimum atomic E-state index is -8.73. The number of esters is 2. The molecule has 0 spiro atoms. The number of carbonyl (C=O) groups excluding carboxylic acids is 2. The van der Waals surface area contributed by atoms with Crippen LogP contribution in [0.3, 0.4) is 0 Å². The van der Waals surface area contributed by atoms with Gasteiger partial charge in [0.05, 0.1) is 19.6 Å². The molecular weight excluding hydrogens is 603 g/mol. The van der Waals surface area contributed by atoms with Crippen molar-refractivity contribution in [2.24, 2.45) is 5.92 Å². The second kappa shape index (κ2) is 11.2. The van der Waals surface area contributed by atoms with E-state index in [1.54, 1.807) is 0 Å². The Morgan fingerprint density at radius 2 is 1.00 bits per heavy atom. The van der Waals surface area contributed by atoms with Crippen molar-refractivity contribution < 1.29 is 93.7 Å². The lowest BCUT2D eigenvalue weighted by Crippen LogP contribution is -2.74. The number of carbonyl (C=O) groups is 2. The van der Waals surface area contributed by atoms with Gasteiger partial charge in [0.2, 0.25) is 0 Å². The second-order valence-corrected chi connectivity index (χ2v) is 7.40. The molecule has 0 radical (unpaired) electrons. The zero-order chi connectivity index (χ0) is 31.7. The predicted molar refractivity (Wildman–Crippen MR) is 91.2 cm³/mol. The third-order valence-corrected chi connectivity index (χ3v) is 4.71. The number of hydrogen-bond donors (Lipinski definition) is 0. The van der Waals surface area contributed by atoms with Crippen LogP contribution < -0.4 is 0 Å². The van der Waals surface area contributed by atoms with Crippen LogP contribution in [0.25, 0.3) is 0 Å². The molecule has 39 heavy (non-hydrogen) atoms. The van der Waals surface area contributed by atoms with Gasteiger partial charge in [0.25, 0.3) is 0 Å². The van der Waals surface area contributed by atoms with E-state index in [4.69, 9.17) is 0 Å². The molecule has 0 aromatic rings. The lowest BCUT2D eigenvalue weighted by atomic mass is 9.88. The Balaban J connectivity index is 6.18. The van der Waals surface area contributed by atoms with E-state index >= 15 is 0 Å². The highest BCUT2D eigenvalue weighted by atomic mass is 19.4. The van der Waals surface area contributed by atoms with Gasteiger partial charge in [-0.25, -0.2) is 0 Å². The van der Waals surface area contributed by atoms with Crippen molar-refractivity contribution in [2.45, 2.75) is 67.4 Å². The molecule has 0 rings (SSSR count). The first-order valence-electron chi connectivity index (χ1n) is 9.72. The third kappa shape index (κ3) is 5.99. The fourth-order valence-electron chi connectivity index (χ4n) is 2.43. The molecular formula is C18H15F17O4. The molecule has 0 bridgehead atoms. The summed E-state index contributed by atoms with van der Waals surface area (Å²) < 4.78 is 233. The highest BCUT2D eigenvalue weighted by molar-refractivity contribution is 5.95. The molecule has 0 amide bonds. The van der Waals surface area contributed by atoms with Crippen molar-refractivity contribution >= 4 is 11.9 Å². The Kier molecular flexibility index (Phi) is 10.4. The highest BCUT2D eigenvalue weighted by Crippen LogP contribution is 2.64. The first kappa shape index (κ1) is 36.5. The predicted octanol–water partition coefficient (Wildman–Crippen LogP) is 6.68. The van der Waals surface area contributed by atoms with Crippen LogP contribution in [0.4, 0.5) is 74.6 Å². The lowest BCUT2D eigenvalue weighted by molar-refractivity contribution is -0.461. The number of ether oxygens (including phenoxy) is 2. The van der Waals surface area contributed by atoms with E-state index in [1.165, 1.54) is 6.92 Å². The maximum absolute atomic E-state index is 13.8. The molecule has 1 atom stereocenters. The van der Waals surface area contributed by atoms with Crippen molar-refractivity contribution in [3.05, 3.63) is 12.7 Å². The van der Waals surface area contributed by atoms with E-state index in [9.17, 15) is 84.2 Å². The third-order valence-electron chi connectivity index (χ3n) is 4.71. The number of halogens is 17. The van der Waals surface area contributed by atoms with Gasteiger partial charge in [-0.15, -0.1) is 6.58 Å². The SMILES string of the molecule is C=CCC(C(=O)OCC)C(=O)OCCC(F)(F)C(F)(F)C(F)(F)C(F)(F)C(F)(F)C(F)(F)C(F)(F)C(F)(F)F. The fraction of sp³-hybridized carbons (Fsp3) is 0.778. The van der Waals surface area contributed by atoms with Gasteiger partial charge in [0.1, 0.15) is 0 Å². The van der Waals surface area contributed by atoms with Crippen molar-refractivity contribution in [1.82, 2.24) is 0 Å². The summed E-state index contributed by atoms with van der Waals surface area (Å²) in [5.74, 6) is -62.6. The van der Waals surface area contributed by atoms with Gasteiger partial charge < -0.3 is 9.47 Å². The van der Waals surface area contributed by atoms with Crippen LogP contribution in [0, 0.1) is 5.92 Å². The molecule has 21 heteroatoms. The molecule has 0 saturated carbocycles. The summed E-state index contributed by atoms with van der Waals surface area (Å²) in [4.78, 5) is 23.3. The van der Waals surface area contributed by atoms with Crippen molar-refractivity contribution in [1.29, 1.82) is 0 Å². The first-order chi connectivity index (χ1) is 17.1. The average Bonchev–Trinajstić information content (AvgIpc) is 2.75. The monoisotopic (exact) mass is 618 g/mol. The van der Waals surface area contributed by atoms with Crippen LogP contribution in [-0.4, -0.2) is 72.8 Å². The van der Waals surface area contributed by atoms with Crippen LogP contribution in [0.1, 0.15) is 19.8 Å². The Hall–Kier alpha value is -2.51. The van der Waals surface area contributed by atoms with Crippen LogP contribution >= 0.6 is 0 Å². The molecule has 0 saturated heterocycles. The van der Waals surface area contributed by atoms with E-state index in [2.05, 4.69) is 16.1 Å². The zero-order valence-corrected chi connectivity index (χ0v) is 18.7. The van der Waals surface area contributed by atoms with Crippen molar-refractivity contribution in [2.75, 3.05) is 13.2 Å². The molecule has 0 heterocycles. The van der Waals surface area contributed by atoms with Crippen molar-refractivity contribution in [3.8, 4) is 0 Å². The zero-order valence-electron chi connectivity index (χ0n) is 18.7. The first-order valence-corrected chi connectivity index (χ1v) is 9.72. The van der Waals surface area contributed by atoms with E-state index in [-0.39, 0.29) is 6.61 Å². The van der Waals surface area contributed by atoms with E-state index in [0.717, 1.165) is 6.08 Å². The molecule has 1 unspecified atom stereocenters. The Bertz CT molecular complexity index is 895.